The average Bonchev–Trinajstić information content (AvgIpc) is 2.95. The number of thioether (sulfide) groups is 1. The molecule has 7 heteroatoms. The lowest BCUT2D eigenvalue weighted by Gasteiger charge is -2.16. The van der Waals surface area contributed by atoms with Crippen molar-refractivity contribution in [2.75, 3.05) is 4.90 Å². The SMILES string of the molecule is CCCC[C@@H]1SC(=NS(=O)(=O)c2ccc(C)cc2)N(c2ccccc2)C1=O. The maximum absolute atomic E-state index is 12.9. The second-order valence-corrected chi connectivity index (χ2v) is 9.19. The number of benzene rings is 2. The van der Waals surface area contributed by atoms with Crippen LogP contribution in [0.2, 0.25) is 0 Å². The van der Waals surface area contributed by atoms with Gasteiger partial charge in [-0.05, 0) is 37.6 Å². The summed E-state index contributed by atoms with van der Waals surface area (Å²) in [5, 5.41) is -0.0926. The maximum atomic E-state index is 12.9. The highest BCUT2D eigenvalue weighted by molar-refractivity contribution is 8.16. The van der Waals surface area contributed by atoms with Gasteiger partial charge in [-0.2, -0.15) is 8.42 Å². The van der Waals surface area contributed by atoms with E-state index in [-0.39, 0.29) is 21.2 Å². The molecule has 1 fully saturated rings. The molecule has 1 atom stereocenters. The Hall–Kier alpha value is -2.12. The summed E-state index contributed by atoms with van der Waals surface area (Å²) < 4.78 is 29.6. The number of hydrogen-bond acceptors (Lipinski definition) is 4. The summed E-state index contributed by atoms with van der Waals surface area (Å²) in [6.07, 6.45) is 2.58. The van der Waals surface area contributed by atoms with Crippen LogP contribution in [0.25, 0.3) is 0 Å². The van der Waals surface area contributed by atoms with E-state index in [0.717, 1.165) is 18.4 Å². The van der Waals surface area contributed by atoms with Crippen LogP contribution >= 0.6 is 11.8 Å². The van der Waals surface area contributed by atoms with Gasteiger partial charge in [-0.15, -0.1) is 4.40 Å². The second kappa shape index (κ2) is 8.27. The van der Waals surface area contributed by atoms with Crippen molar-refractivity contribution in [2.45, 2.75) is 43.3 Å². The Morgan fingerprint density at radius 2 is 1.74 bits per heavy atom. The molecule has 1 amide bonds. The van der Waals surface area contributed by atoms with Gasteiger partial charge in [0.25, 0.3) is 10.0 Å². The topological polar surface area (TPSA) is 66.8 Å². The Kier molecular flexibility index (Phi) is 6.01. The third kappa shape index (κ3) is 4.42. The predicted molar refractivity (Wildman–Crippen MR) is 111 cm³/mol. The standard InChI is InChI=1S/C20H22N2O3S2/c1-3-4-10-18-19(23)22(16-8-6-5-7-9-16)20(26-18)21-27(24,25)17-13-11-15(2)12-14-17/h5-9,11-14,18H,3-4,10H2,1-2H3/t18-/m0/s1. The fourth-order valence-electron chi connectivity index (χ4n) is 2.78. The van der Waals surface area contributed by atoms with Gasteiger partial charge in [0.1, 0.15) is 0 Å². The molecule has 3 rings (SSSR count). The summed E-state index contributed by atoms with van der Waals surface area (Å²) in [6.45, 7) is 3.96. The first-order valence-corrected chi connectivity index (χ1v) is 11.2. The van der Waals surface area contributed by atoms with Crippen LogP contribution < -0.4 is 4.90 Å². The minimum atomic E-state index is -3.90. The largest absolute Gasteiger partial charge is 0.284 e. The monoisotopic (exact) mass is 402 g/mol. The summed E-state index contributed by atoms with van der Waals surface area (Å²) in [7, 11) is -3.90. The van der Waals surface area contributed by atoms with Gasteiger partial charge >= 0.3 is 0 Å². The van der Waals surface area contributed by atoms with Crippen molar-refractivity contribution < 1.29 is 13.2 Å². The molecule has 0 aromatic heterocycles. The molecule has 27 heavy (non-hydrogen) atoms. The van der Waals surface area contributed by atoms with Crippen molar-refractivity contribution in [1.82, 2.24) is 0 Å². The first-order chi connectivity index (χ1) is 12.9. The number of nitrogens with zero attached hydrogens (tertiary/aromatic N) is 2. The summed E-state index contributed by atoms with van der Waals surface area (Å²) in [5.74, 6) is -0.113. The summed E-state index contributed by atoms with van der Waals surface area (Å²) in [6, 6.07) is 15.6. The summed E-state index contributed by atoms with van der Waals surface area (Å²) in [5.41, 5.74) is 1.60. The van der Waals surface area contributed by atoms with Gasteiger partial charge in [0.05, 0.1) is 15.8 Å². The number of carbonyl (C=O) groups excluding carboxylic acids is 1. The molecule has 0 N–H and O–H groups in total. The number of anilines is 1. The van der Waals surface area contributed by atoms with E-state index in [1.165, 1.54) is 28.8 Å². The smallest absolute Gasteiger partial charge is 0.273 e. The van der Waals surface area contributed by atoms with E-state index in [2.05, 4.69) is 11.3 Å². The Morgan fingerprint density at radius 1 is 1.07 bits per heavy atom. The molecule has 1 aliphatic heterocycles. The van der Waals surface area contributed by atoms with Crippen LogP contribution in [0, 0.1) is 6.92 Å². The molecule has 1 heterocycles. The number of para-hydroxylation sites is 1. The maximum Gasteiger partial charge on any atom is 0.284 e. The highest BCUT2D eigenvalue weighted by Gasteiger charge is 2.39. The molecule has 0 bridgehead atoms. The lowest BCUT2D eigenvalue weighted by molar-refractivity contribution is -0.117. The van der Waals surface area contributed by atoms with Crippen LogP contribution in [0.15, 0.2) is 63.9 Å². The van der Waals surface area contributed by atoms with Crippen LogP contribution in [-0.4, -0.2) is 24.7 Å². The Balaban J connectivity index is 2.00. The molecule has 0 saturated carbocycles. The molecule has 0 unspecified atom stereocenters. The highest BCUT2D eigenvalue weighted by atomic mass is 32.2. The number of amides is 1. The Bertz CT molecular complexity index is 939. The van der Waals surface area contributed by atoms with Crippen LogP contribution in [0.3, 0.4) is 0 Å². The third-order valence-electron chi connectivity index (χ3n) is 4.29. The number of unbranched alkanes of at least 4 members (excludes halogenated alkanes) is 1. The number of amidine groups is 1. The van der Waals surface area contributed by atoms with Crippen LogP contribution in [0.1, 0.15) is 31.7 Å². The molecule has 2 aromatic carbocycles. The van der Waals surface area contributed by atoms with E-state index in [1.807, 2.05) is 25.1 Å². The lowest BCUT2D eigenvalue weighted by atomic mass is 10.2. The molecule has 0 aliphatic carbocycles. The average molecular weight is 403 g/mol. The van der Waals surface area contributed by atoms with Crippen molar-refractivity contribution in [3.05, 3.63) is 60.2 Å². The minimum Gasteiger partial charge on any atom is -0.273 e. The second-order valence-electron chi connectivity index (χ2n) is 6.42. The zero-order chi connectivity index (χ0) is 19.4. The number of hydrogen-bond donors (Lipinski definition) is 0. The zero-order valence-corrected chi connectivity index (χ0v) is 17.0. The van der Waals surface area contributed by atoms with Gasteiger partial charge in [0.15, 0.2) is 5.17 Å². The van der Waals surface area contributed by atoms with E-state index in [4.69, 9.17) is 0 Å². The quantitative estimate of drug-likeness (QED) is 0.719. The van der Waals surface area contributed by atoms with Crippen molar-refractivity contribution >= 4 is 38.5 Å². The normalized spacial score (nSPS) is 19.0. The predicted octanol–water partition coefficient (Wildman–Crippen LogP) is 4.38. The number of rotatable bonds is 6. The molecular weight excluding hydrogens is 380 g/mol. The molecule has 1 aliphatic rings. The summed E-state index contributed by atoms with van der Waals surface area (Å²) >= 11 is 1.23. The molecular formula is C20H22N2O3S2. The van der Waals surface area contributed by atoms with Gasteiger partial charge in [-0.25, -0.2) is 0 Å². The first kappa shape index (κ1) is 19.6. The van der Waals surface area contributed by atoms with Crippen LogP contribution in [0.5, 0.6) is 0 Å². The van der Waals surface area contributed by atoms with Crippen LogP contribution in [0.4, 0.5) is 5.69 Å². The van der Waals surface area contributed by atoms with E-state index in [0.29, 0.717) is 12.1 Å². The summed E-state index contributed by atoms with van der Waals surface area (Å²) in [4.78, 5) is 14.5. The van der Waals surface area contributed by atoms with Crippen LogP contribution in [-0.2, 0) is 14.8 Å². The molecule has 2 aromatic rings. The van der Waals surface area contributed by atoms with Crippen molar-refractivity contribution in [3.63, 3.8) is 0 Å². The minimum absolute atomic E-state index is 0.113. The van der Waals surface area contributed by atoms with Gasteiger partial charge in [-0.1, -0.05) is 67.4 Å². The van der Waals surface area contributed by atoms with Gasteiger partial charge in [0, 0.05) is 0 Å². The highest BCUT2D eigenvalue weighted by Crippen LogP contribution is 2.35. The Morgan fingerprint density at radius 3 is 2.37 bits per heavy atom. The van der Waals surface area contributed by atoms with E-state index >= 15 is 0 Å². The van der Waals surface area contributed by atoms with E-state index < -0.39 is 10.0 Å². The third-order valence-corrected chi connectivity index (χ3v) is 6.89. The van der Waals surface area contributed by atoms with Crippen molar-refractivity contribution in [2.24, 2.45) is 4.40 Å². The number of carbonyl (C=O) groups is 1. The van der Waals surface area contributed by atoms with Gasteiger partial charge in [-0.3, -0.25) is 9.69 Å². The molecule has 5 nitrogen and oxygen atoms in total. The van der Waals surface area contributed by atoms with Gasteiger partial charge in [0.2, 0.25) is 5.91 Å². The van der Waals surface area contributed by atoms with Crippen molar-refractivity contribution in [3.8, 4) is 0 Å². The van der Waals surface area contributed by atoms with E-state index in [9.17, 15) is 13.2 Å². The lowest BCUT2D eigenvalue weighted by Crippen LogP contribution is -2.32. The number of sulfonamides is 1. The fourth-order valence-corrected chi connectivity index (χ4v) is 5.17. The van der Waals surface area contributed by atoms with Crippen molar-refractivity contribution in [1.29, 1.82) is 0 Å². The molecule has 1 saturated heterocycles. The Labute approximate surface area is 164 Å². The molecule has 142 valence electrons. The van der Waals surface area contributed by atoms with E-state index in [1.54, 1.807) is 24.3 Å². The fraction of sp³-hybridized carbons (Fsp3) is 0.300. The number of aryl methyl sites for hydroxylation is 1. The van der Waals surface area contributed by atoms with Gasteiger partial charge < -0.3 is 0 Å². The molecule has 0 spiro atoms. The zero-order valence-electron chi connectivity index (χ0n) is 15.3. The molecule has 0 radical (unpaired) electrons. The first-order valence-electron chi connectivity index (χ1n) is 8.89.